The molecule has 1 aliphatic carbocycles. The lowest BCUT2D eigenvalue weighted by molar-refractivity contribution is 0.182. The van der Waals surface area contributed by atoms with Gasteiger partial charge in [-0.25, -0.2) is 4.79 Å². The molecule has 2 fully saturated rings. The van der Waals surface area contributed by atoms with Crippen LogP contribution < -0.4 is 10.6 Å². The van der Waals surface area contributed by atoms with Crippen LogP contribution in [0.2, 0.25) is 0 Å². The van der Waals surface area contributed by atoms with Crippen molar-refractivity contribution < 1.29 is 4.79 Å². The summed E-state index contributed by atoms with van der Waals surface area (Å²) in [6.45, 7) is 7.43. The van der Waals surface area contributed by atoms with E-state index in [-0.39, 0.29) is 6.03 Å². The first-order chi connectivity index (χ1) is 14.2. The van der Waals surface area contributed by atoms with Crippen LogP contribution in [0.5, 0.6) is 0 Å². The van der Waals surface area contributed by atoms with Crippen molar-refractivity contribution >= 4 is 11.7 Å². The Labute approximate surface area is 177 Å². The Hall–Kier alpha value is -1.59. The van der Waals surface area contributed by atoms with E-state index in [1.807, 2.05) is 12.1 Å². The molecule has 3 rings (SSSR count). The van der Waals surface area contributed by atoms with Crippen molar-refractivity contribution in [2.75, 3.05) is 38.5 Å². The molecule has 0 aromatic heterocycles. The Kier molecular flexibility index (Phi) is 8.81. The van der Waals surface area contributed by atoms with Gasteiger partial charge in [-0.3, -0.25) is 4.90 Å². The zero-order valence-corrected chi connectivity index (χ0v) is 18.5. The Balaban J connectivity index is 1.45. The van der Waals surface area contributed by atoms with Gasteiger partial charge in [0, 0.05) is 24.8 Å². The quantitative estimate of drug-likeness (QED) is 0.665. The van der Waals surface area contributed by atoms with Crippen molar-refractivity contribution in [3.8, 4) is 0 Å². The lowest BCUT2D eigenvalue weighted by Gasteiger charge is -2.32. The molecule has 0 atom stereocenters. The van der Waals surface area contributed by atoms with Crippen LogP contribution in [0.15, 0.2) is 24.3 Å². The Morgan fingerprint density at radius 2 is 1.83 bits per heavy atom. The maximum absolute atomic E-state index is 12.5. The molecule has 2 amide bonds. The normalized spacial score (nSPS) is 19.4. The summed E-state index contributed by atoms with van der Waals surface area (Å²) >= 11 is 0. The molecule has 0 unspecified atom stereocenters. The summed E-state index contributed by atoms with van der Waals surface area (Å²) < 4.78 is 0. The van der Waals surface area contributed by atoms with Gasteiger partial charge in [-0.05, 0) is 76.3 Å². The third-order valence-electron chi connectivity index (χ3n) is 6.68. The van der Waals surface area contributed by atoms with Crippen molar-refractivity contribution in [2.45, 2.75) is 70.9 Å². The molecule has 1 heterocycles. The van der Waals surface area contributed by atoms with E-state index in [1.54, 1.807) is 0 Å². The summed E-state index contributed by atoms with van der Waals surface area (Å²) in [4.78, 5) is 17.5. The van der Waals surface area contributed by atoms with Crippen LogP contribution in [-0.4, -0.2) is 55.1 Å². The molecular weight excluding hydrogens is 360 g/mol. The predicted molar refractivity (Wildman–Crippen MR) is 121 cm³/mol. The zero-order valence-electron chi connectivity index (χ0n) is 18.5. The van der Waals surface area contributed by atoms with E-state index in [1.165, 1.54) is 63.5 Å². The van der Waals surface area contributed by atoms with E-state index in [0.717, 1.165) is 31.9 Å². The second-order valence-corrected chi connectivity index (χ2v) is 8.98. The number of piperidine rings is 1. The number of carbonyl (C=O) groups excluding carboxylic acids is 1. The number of rotatable bonds is 8. The summed E-state index contributed by atoms with van der Waals surface area (Å²) in [7, 11) is 2.22. The second-order valence-electron chi connectivity index (χ2n) is 8.98. The number of hydrogen-bond acceptors (Lipinski definition) is 3. The molecule has 2 aliphatic rings. The molecule has 162 valence electrons. The number of nitrogens with one attached hydrogen (secondary N) is 2. The maximum Gasteiger partial charge on any atom is 0.319 e. The van der Waals surface area contributed by atoms with E-state index < -0.39 is 0 Å². The number of carbonyl (C=O) groups is 1. The predicted octanol–water partition coefficient (Wildman–Crippen LogP) is 4.69. The fourth-order valence-corrected chi connectivity index (χ4v) is 4.83. The topological polar surface area (TPSA) is 47.6 Å². The van der Waals surface area contributed by atoms with E-state index in [4.69, 9.17) is 0 Å². The largest absolute Gasteiger partial charge is 0.338 e. The van der Waals surface area contributed by atoms with Crippen molar-refractivity contribution in [2.24, 2.45) is 5.92 Å². The van der Waals surface area contributed by atoms with E-state index in [0.29, 0.717) is 12.0 Å². The Bertz CT molecular complexity index is 621. The van der Waals surface area contributed by atoms with Gasteiger partial charge in [-0.2, -0.15) is 0 Å². The standard InChI is InChI=1S/C24H40N4O/c1-3-15-28-16-13-20(14-17-28)18-25-24(29)26-23-12-8-7-9-21(23)19-27(2)22-10-5-4-6-11-22/h7-9,12,20,22H,3-6,10-11,13-19H2,1-2H3,(H2,25,26,29). The van der Waals surface area contributed by atoms with E-state index >= 15 is 0 Å². The number of urea groups is 1. The number of amides is 2. The van der Waals surface area contributed by atoms with Gasteiger partial charge in [0.2, 0.25) is 0 Å². The molecule has 1 saturated carbocycles. The summed E-state index contributed by atoms with van der Waals surface area (Å²) in [5.74, 6) is 0.599. The van der Waals surface area contributed by atoms with Gasteiger partial charge in [-0.15, -0.1) is 0 Å². The molecule has 1 aliphatic heterocycles. The van der Waals surface area contributed by atoms with Crippen molar-refractivity contribution in [1.29, 1.82) is 0 Å². The molecule has 5 heteroatoms. The second kappa shape index (κ2) is 11.6. The number of likely N-dealkylation sites (tertiary alicyclic amines) is 1. The molecule has 1 aromatic carbocycles. The molecule has 2 N–H and O–H groups in total. The number of nitrogens with zero attached hydrogens (tertiary/aromatic N) is 2. The fraction of sp³-hybridized carbons (Fsp3) is 0.708. The van der Waals surface area contributed by atoms with Crippen LogP contribution in [0.1, 0.15) is 63.9 Å². The highest BCUT2D eigenvalue weighted by molar-refractivity contribution is 5.90. The van der Waals surface area contributed by atoms with Crippen LogP contribution in [0.3, 0.4) is 0 Å². The van der Waals surface area contributed by atoms with Crippen LogP contribution in [0.4, 0.5) is 10.5 Å². The molecular formula is C24H40N4O. The number of hydrogen-bond donors (Lipinski definition) is 2. The average Bonchev–Trinajstić information content (AvgIpc) is 2.75. The molecule has 1 aromatic rings. The first kappa shape index (κ1) is 22.1. The average molecular weight is 401 g/mol. The van der Waals surface area contributed by atoms with Gasteiger partial charge >= 0.3 is 6.03 Å². The molecule has 29 heavy (non-hydrogen) atoms. The van der Waals surface area contributed by atoms with E-state index in [2.05, 4.69) is 46.5 Å². The highest BCUT2D eigenvalue weighted by Crippen LogP contribution is 2.25. The van der Waals surface area contributed by atoms with E-state index in [9.17, 15) is 4.79 Å². The van der Waals surface area contributed by atoms with Gasteiger partial charge < -0.3 is 15.5 Å². The van der Waals surface area contributed by atoms with Crippen molar-refractivity contribution in [3.05, 3.63) is 29.8 Å². The van der Waals surface area contributed by atoms with Gasteiger partial charge in [0.1, 0.15) is 0 Å². The third-order valence-corrected chi connectivity index (χ3v) is 6.68. The summed E-state index contributed by atoms with van der Waals surface area (Å²) in [6, 6.07) is 8.82. The highest BCUT2D eigenvalue weighted by atomic mass is 16.2. The fourth-order valence-electron chi connectivity index (χ4n) is 4.83. The Morgan fingerprint density at radius 1 is 1.10 bits per heavy atom. The smallest absolute Gasteiger partial charge is 0.319 e. The van der Waals surface area contributed by atoms with Crippen LogP contribution in [0.25, 0.3) is 0 Å². The molecule has 0 bridgehead atoms. The Morgan fingerprint density at radius 3 is 2.55 bits per heavy atom. The number of para-hydroxylation sites is 1. The molecule has 5 nitrogen and oxygen atoms in total. The first-order valence-electron chi connectivity index (χ1n) is 11.7. The van der Waals surface area contributed by atoms with Gasteiger partial charge in [0.05, 0.1) is 0 Å². The number of benzene rings is 1. The minimum absolute atomic E-state index is 0.0752. The minimum Gasteiger partial charge on any atom is -0.338 e. The lowest BCUT2D eigenvalue weighted by Crippen LogP contribution is -2.40. The van der Waals surface area contributed by atoms with Crippen LogP contribution in [-0.2, 0) is 6.54 Å². The maximum atomic E-state index is 12.5. The van der Waals surface area contributed by atoms with Crippen molar-refractivity contribution in [3.63, 3.8) is 0 Å². The van der Waals surface area contributed by atoms with Gasteiger partial charge in [0.15, 0.2) is 0 Å². The van der Waals surface area contributed by atoms with Gasteiger partial charge in [0.25, 0.3) is 0 Å². The first-order valence-corrected chi connectivity index (χ1v) is 11.7. The third kappa shape index (κ3) is 7.00. The lowest BCUT2D eigenvalue weighted by atomic mass is 9.94. The van der Waals surface area contributed by atoms with Crippen molar-refractivity contribution in [1.82, 2.24) is 15.1 Å². The van der Waals surface area contributed by atoms with Crippen LogP contribution >= 0.6 is 0 Å². The molecule has 1 saturated heterocycles. The van der Waals surface area contributed by atoms with Gasteiger partial charge in [-0.1, -0.05) is 44.4 Å². The number of anilines is 1. The molecule has 0 spiro atoms. The highest BCUT2D eigenvalue weighted by Gasteiger charge is 2.20. The zero-order chi connectivity index (χ0) is 20.5. The van der Waals surface area contributed by atoms with Crippen LogP contribution in [0, 0.1) is 5.92 Å². The summed E-state index contributed by atoms with van der Waals surface area (Å²) in [5, 5.41) is 6.21. The summed E-state index contributed by atoms with van der Waals surface area (Å²) in [6.07, 6.45) is 10.2. The summed E-state index contributed by atoms with van der Waals surface area (Å²) in [5.41, 5.74) is 2.13. The molecule has 0 radical (unpaired) electrons. The monoisotopic (exact) mass is 400 g/mol. The SMILES string of the molecule is CCCN1CCC(CNC(=O)Nc2ccccc2CN(C)C2CCCCC2)CC1. The minimum atomic E-state index is -0.0752.